The van der Waals surface area contributed by atoms with Crippen molar-refractivity contribution in [3.05, 3.63) is 29.3 Å². The van der Waals surface area contributed by atoms with Crippen LogP contribution in [-0.2, 0) is 4.79 Å². The number of benzene rings is 1. The lowest BCUT2D eigenvalue weighted by molar-refractivity contribution is -0.117. The second kappa shape index (κ2) is 6.56. The maximum atomic E-state index is 13.7. The zero-order chi connectivity index (χ0) is 16.4. The zero-order valence-corrected chi connectivity index (χ0v) is 13.2. The Hall–Kier alpha value is -1.43. The van der Waals surface area contributed by atoms with Gasteiger partial charge >= 0.3 is 5.97 Å². The highest BCUT2D eigenvalue weighted by Gasteiger charge is 2.31. The highest BCUT2D eigenvalue weighted by Crippen LogP contribution is 2.36. The highest BCUT2D eigenvalue weighted by atomic mass is 32.2. The van der Waals surface area contributed by atoms with Crippen LogP contribution in [0.1, 0.15) is 44.5 Å². The van der Waals surface area contributed by atoms with Crippen LogP contribution < -0.4 is 0 Å². The van der Waals surface area contributed by atoms with Crippen LogP contribution in [-0.4, -0.2) is 16.2 Å². The molecule has 1 aromatic carbocycles. The standard InChI is InChI=1S/C15H18F2O3S/c1-5-15(3,4)8(2)14(20)21-12-6-9(13(18)19)10(16)7-11(12)17/h6-8H,5H2,1-4H3,(H,18,19). The number of carbonyl (C=O) groups is 2. The number of carbonyl (C=O) groups excluding carboxylic acids is 1. The van der Waals surface area contributed by atoms with Crippen molar-refractivity contribution in [2.75, 3.05) is 0 Å². The second-order valence-corrected chi connectivity index (χ2v) is 6.60. The Bertz CT molecular complexity index is 570. The van der Waals surface area contributed by atoms with Crippen LogP contribution in [0.15, 0.2) is 17.0 Å². The molecule has 0 aliphatic heterocycles. The monoisotopic (exact) mass is 316 g/mol. The average molecular weight is 316 g/mol. The van der Waals surface area contributed by atoms with E-state index in [9.17, 15) is 18.4 Å². The first kappa shape index (κ1) is 17.6. The number of carboxylic acids is 1. The molecule has 0 heterocycles. The zero-order valence-electron chi connectivity index (χ0n) is 12.4. The first-order valence-electron chi connectivity index (χ1n) is 6.54. The summed E-state index contributed by atoms with van der Waals surface area (Å²) in [6, 6.07) is 1.36. The Morgan fingerprint density at radius 2 is 1.86 bits per heavy atom. The van der Waals surface area contributed by atoms with Crippen LogP contribution in [0.2, 0.25) is 0 Å². The van der Waals surface area contributed by atoms with E-state index < -0.39 is 23.2 Å². The normalized spacial score (nSPS) is 13.0. The summed E-state index contributed by atoms with van der Waals surface area (Å²) in [5.74, 6) is -3.93. The first-order valence-corrected chi connectivity index (χ1v) is 7.35. The molecule has 1 unspecified atom stereocenters. The van der Waals surface area contributed by atoms with Crippen LogP contribution in [0.25, 0.3) is 0 Å². The summed E-state index contributed by atoms with van der Waals surface area (Å²) >= 11 is 0.617. The van der Waals surface area contributed by atoms with Gasteiger partial charge in [-0.25, -0.2) is 13.6 Å². The number of halogens is 2. The Kier molecular flexibility index (Phi) is 5.50. The molecule has 0 spiro atoms. The molecule has 0 aromatic heterocycles. The highest BCUT2D eigenvalue weighted by molar-refractivity contribution is 8.13. The van der Waals surface area contributed by atoms with Gasteiger partial charge < -0.3 is 5.11 Å². The summed E-state index contributed by atoms with van der Waals surface area (Å²) in [5.41, 5.74) is -0.898. The molecule has 0 aliphatic carbocycles. The van der Waals surface area contributed by atoms with Crippen LogP contribution in [0.4, 0.5) is 8.78 Å². The van der Waals surface area contributed by atoms with Gasteiger partial charge in [-0.2, -0.15) is 0 Å². The van der Waals surface area contributed by atoms with Gasteiger partial charge in [0.25, 0.3) is 0 Å². The van der Waals surface area contributed by atoms with Crippen molar-refractivity contribution in [1.29, 1.82) is 0 Å². The molecule has 0 bridgehead atoms. The fraction of sp³-hybridized carbons (Fsp3) is 0.467. The quantitative estimate of drug-likeness (QED) is 0.820. The van der Waals surface area contributed by atoms with Crippen LogP contribution >= 0.6 is 11.8 Å². The van der Waals surface area contributed by atoms with E-state index in [1.165, 1.54) is 0 Å². The number of hydrogen-bond acceptors (Lipinski definition) is 3. The fourth-order valence-corrected chi connectivity index (χ4v) is 2.64. The van der Waals surface area contributed by atoms with Gasteiger partial charge in [-0.1, -0.05) is 34.1 Å². The van der Waals surface area contributed by atoms with E-state index in [1.54, 1.807) is 6.92 Å². The third-order valence-electron chi connectivity index (χ3n) is 3.90. The minimum atomic E-state index is -1.50. The molecular formula is C15H18F2O3S. The van der Waals surface area contributed by atoms with Crippen molar-refractivity contribution < 1.29 is 23.5 Å². The molecule has 0 amide bonds. The predicted molar refractivity (Wildman–Crippen MR) is 77.4 cm³/mol. The minimum Gasteiger partial charge on any atom is -0.478 e. The molecule has 1 aromatic rings. The van der Waals surface area contributed by atoms with E-state index in [0.717, 1.165) is 12.5 Å². The molecule has 0 radical (unpaired) electrons. The predicted octanol–water partition coefficient (Wildman–Crippen LogP) is 4.35. The number of hydrogen-bond donors (Lipinski definition) is 1. The molecular weight excluding hydrogens is 298 g/mol. The van der Waals surface area contributed by atoms with Gasteiger partial charge in [0.05, 0.1) is 10.5 Å². The van der Waals surface area contributed by atoms with E-state index in [1.807, 2.05) is 20.8 Å². The minimum absolute atomic E-state index is 0.169. The third kappa shape index (κ3) is 4.03. The maximum Gasteiger partial charge on any atom is 0.338 e. The maximum absolute atomic E-state index is 13.7. The lowest BCUT2D eigenvalue weighted by atomic mass is 9.78. The molecule has 3 nitrogen and oxygen atoms in total. The smallest absolute Gasteiger partial charge is 0.338 e. The first-order chi connectivity index (χ1) is 9.60. The van der Waals surface area contributed by atoms with Crippen molar-refractivity contribution in [3.8, 4) is 0 Å². The molecule has 1 rings (SSSR count). The summed E-state index contributed by atoms with van der Waals surface area (Å²) in [4.78, 5) is 22.9. The van der Waals surface area contributed by atoms with Gasteiger partial charge in [0, 0.05) is 12.0 Å². The fourth-order valence-electron chi connectivity index (χ4n) is 1.59. The number of carboxylic acid groups (broad SMARTS) is 1. The van der Waals surface area contributed by atoms with Gasteiger partial charge in [0.2, 0.25) is 0 Å². The summed E-state index contributed by atoms with van der Waals surface area (Å²) in [5, 5.41) is 8.56. The molecule has 1 N–H and O–H groups in total. The number of thioether (sulfide) groups is 1. The van der Waals surface area contributed by atoms with Crippen molar-refractivity contribution >= 4 is 22.8 Å². The van der Waals surface area contributed by atoms with Crippen molar-refractivity contribution in [1.82, 2.24) is 0 Å². The van der Waals surface area contributed by atoms with Crippen LogP contribution in [0, 0.1) is 23.0 Å². The van der Waals surface area contributed by atoms with Crippen molar-refractivity contribution in [2.45, 2.75) is 39.0 Å². The van der Waals surface area contributed by atoms with Crippen LogP contribution in [0.3, 0.4) is 0 Å². The number of aromatic carboxylic acids is 1. The Morgan fingerprint density at radius 3 is 2.33 bits per heavy atom. The van der Waals surface area contributed by atoms with E-state index >= 15 is 0 Å². The van der Waals surface area contributed by atoms with Gasteiger partial charge in [-0.3, -0.25) is 4.79 Å². The molecule has 116 valence electrons. The largest absolute Gasteiger partial charge is 0.478 e. The topological polar surface area (TPSA) is 54.4 Å². The molecule has 0 aliphatic rings. The Balaban J connectivity index is 3.06. The van der Waals surface area contributed by atoms with Crippen LogP contribution in [0.5, 0.6) is 0 Å². The van der Waals surface area contributed by atoms with E-state index in [2.05, 4.69) is 0 Å². The summed E-state index contributed by atoms with van der Waals surface area (Å²) in [6.45, 7) is 7.56. The molecule has 21 heavy (non-hydrogen) atoms. The molecule has 0 fully saturated rings. The Labute approximate surface area is 126 Å². The summed E-state index contributed by atoms with van der Waals surface area (Å²) in [7, 11) is 0. The molecule has 0 saturated heterocycles. The summed E-state index contributed by atoms with van der Waals surface area (Å²) in [6.07, 6.45) is 0.771. The van der Waals surface area contributed by atoms with Gasteiger partial charge in [-0.15, -0.1) is 0 Å². The Morgan fingerprint density at radius 1 is 1.29 bits per heavy atom. The van der Waals surface area contributed by atoms with E-state index in [-0.39, 0.29) is 21.3 Å². The SMILES string of the molecule is CCC(C)(C)C(C)C(=O)Sc1cc(C(=O)O)c(F)cc1F. The second-order valence-electron chi connectivity index (χ2n) is 5.55. The third-order valence-corrected chi connectivity index (χ3v) is 4.99. The van der Waals surface area contributed by atoms with Crippen molar-refractivity contribution in [3.63, 3.8) is 0 Å². The summed E-state index contributed by atoms with van der Waals surface area (Å²) < 4.78 is 27.0. The van der Waals surface area contributed by atoms with Gasteiger partial charge in [0.15, 0.2) is 5.12 Å². The van der Waals surface area contributed by atoms with Crippen molar-refractivity contribution in [2.24, 2.45) is 11.3 Å². The molecule has 0 saturated carbocycles. The van der Waals surface area contributed by atoms with E-state index in [0.29, 0.717) is 17.8 Å². The number of rotatable bonds is 5. The lowest BCUT2D eigenvalue weighted by Crippen LogP contribution is -2.26. The van der Waals surface area contributed by atoms with Gasteiger partial charge in [-0.05, 0) is 23.2 Å². The average Bonchev–Trinajstić information content (AvgIpc) is 2.40. The van der Waals surface area contributed by atoms with E-state index in [4.69, 9.17) is 5.11 Å². The molecule has 6 heteroatoms. The molecule has 1 atom stereocenters. The lowest BCUT2D eigenvalue weighted by Gasteiger charge is -2.29. The van der Waals surface area contributed by atoms with Gasteiger partial charge in [0.1, 0.15) is 11.6 Å².